The Morgan fingerprint density at radius 2 is 2.00 bits per heavy atom. The topological polar surface area (TPSA) is 17.1 Å². The molecule has 0 radical (unpaired) electrons. The Balaban J connectivity index is 2.80. The Morgan fingerprint density at radius 3 is 2.00 bits per heavy atom. The van der Waals surface area contributed by atoms with Crippen LogP contribution < -0.4 is 0 Å². The minimum absolute atomic E-state index is 1.01. The lowest BCUT2D eigenvalue weighted by molar-refractivity contribution is 0.564. The molecular formula is CH3FOP+. The lowest BCUT2D eigenvalue weighted by Gasteiger charge is -1.28. The zero-order chi connectivity index (χ0) is 3.58. The second-order valence-corrected chi connectivity index (χ2v) is 1.26. The van der Waals surface area contributed by atoms with Gasteiger partial charge in [0.25, 0.3) is 0 Å². The van der Waals surface area contributed by atoms with E-state index in [1.165, 1.54) is 0 Å². The maximum Gasteiger partial charge on any atom is 0.554 e. The Bertz CT molecular complexity index is 31.0. The van der Waals surface area contributed by atoms with Gasteiger partial charge in [-0.05, 0) is 4.57 Å². The van der Waals surface area contributed by atoms with Gasteiger partial charge in [-0.25, -0.2) is 0 Å². The lowest BCUT2D eigenvalue weighted by Crippen LogP contribution is -1.21. The average molecular weight is 81.0 g/mol. The first-order chi connectivity index (χ1) is 1.73. The Hall–Kier alpha value is 0.0300. The molecule has 0 bridgehead atoms. The van der Waals surface area contributed by atoms with Crippen LogP contribution in [-0.2, 0) is 4.57 Å². The molecule has 4 heavy (non-hydrogen) atoms. The van der Waals surface area contributed by atoms with Crippen LogP contribution >= 0.6 is 8.11 Å². The van der Waals surface area contributed by atoms with Gasteiger partial charge in [-0.2, -0.15) is 0 Å². The fourth-order valence-electron chi connectivity index (χ4n) is 0. The van der Waals surface area contributed by atoms with Crippen molar-refractivity contribution in [1.82, 2.24) is 0 Å². The third-order valence-corrected chi connectivity index (χ3v) is 0. The SMILES string of the molecule is C[P+](=O)F. The zero-order valence-corrected chi connectivity index (χ0v) is 3.13. The summed E-state index contributed by atoms with van der Waals surface area (Å²) in [5.74, 6) is 0. The van der Waals surface area contributed by atoms with Crippen molar-refractivity contribution in [1.29, 1.82) is 0 Å². The number of rotatable bonds is 0. The molecule has 1 nitrogen and oxygen atoms in total. The first kappa shape index (κ1) is 4.03. The summed E-state index contributed by atoms with van der Waals surface area (Å²) in [6.07, 6.45) is 0. The number of halogens is 1. The van der Waals surface area contributed by atoms with Crippen LogP contribution in [0.15, 0.2) is 0 Å². The largest absolute Gasteiger partial charge is 0.554 e. The van der Waals surface area contributed by atoms with Crippen molar-refractivity contribution in [3.05, 3.63) is 0 Å². The zero-order valence-electron chi connectivity index (χ0n) is 2.23. The van der Waals surface area contributed by atoms with Gasteiger partial charge in [-0.15, -0.1) is 0 Å². The fraction of sp³-hybridized carbons (Fsp3) is 1.00. The highest BCUT2D eigenvalue weighted by Crippen LogP contribution is 2.11. The number of hydrogen-bond acceptors (Lipinski definition) is 1. The van der Waals surface area contributed by atoms with E-state index in [2.05, 4.69) is 0 Å². The van der Waals surface area contributed by atoms with Crippen LogP contribution in [0.2, 0.25) is 0 Å². The molecule has 0 fully saturated rings. The molecule has 0 aliphatic carbocycles. The molecule has 0 heterocycles. The highest BCUT2D eigenvalue weighted by atomic mass is 31.1. The van der Waals surface area contributed by atoms with Gasteiger partial charge in [-0.3, -0.25) is 0 Å². The summed E-state index contributed by atoms with van der Waals surface area (Å²) in [7, 11) is -2.37. The monoisotopic (exact) mass is 81.0 g/mol. The molecule has 24 valence electrons. The lowest BCUT2D eigenvalue weighted by atomic mass is 12.0. The van der Waals surface area contributed by atoms with Crippen molar-refractivity contribution >= 4 is 8.11 Å². The summed E-state index contributed by atoms with van der Waals surface area (Å²) in [4.78, 5) is 0. The van der Waals surface area contributed by atoms with E-state index in [1.54, 1.807) is 0 Å². The Morgan fingerprint density at radius 1 is 2.00 bits per heavy atom. The molecule has 0 aromatic heterocycles. The highest BCUT2D eigenvalue weighted by Gasteiger charge is 1.92. The summed E-state index contributed by atoms with van der Waals surface area (Å²) < 4.78 is 19.4. The van der Waals surface area contributed by atoms with Crippen molar-refractivity contribution in [3.8, 4) is 0 Å². The second-order valence-electron chi connectivity index (χ2n) is 0.421. The predicted molar refractivity (Wildman–Crippen MR) is 14.6 cm³/mol. The first-order valence-corrected chi connectivity index (χ1v) is 2.40. The molecule has 0 aromatic carbocycles. The third-order valence-electron chi connectivity index (χ3n) is 0. The second kappa shape index (κ2) is 1.36. The Kier molecular flexibility index (Phi) is 1.37. The molecule has 3 heteroatoms. The quantitative estimate of drug-likeness (QED) is 0.402. The summed E-state index contributed by atoms with van der Waals surface area (Å²) >= 11 is 0. The smallest absolute Gasteiger partial charge is 0.0288 e. The summed E-state index contributed by atoms with van der Waals surface area (Å²) in [6, 6.07) is 0. The van der Waals surface area contributed by atoms with E-state index in [4.69, 9.17) is 4.57 Å². The maximum absolute atomic E-state index is 10.5. The third kappa shape index (κ3) is 2390. The van der Waals surface area contributed by atoms with Crippen LogP contribution in [0.5, 0.6) is 0 Å². The molecule has 0 saturated heterocycles. The van der Waals surface area contributed by atoms with Crippen molar-refractivity contribution in [2.75, 3.05) is 6.66 Å². The van der Waals surface area contributed by atoms with Crippen LogP contribution in [0, 0.1) is 0 Å². The van der Waals surface area contributed by atoms with Gasteiger partial charge in [0.2, 0.25) is 0 Å². The molecule has 0 aliphatic rings. The van der Waals surface area contributed by atoms with E-state index in [0.717, 1.165) is 6.66 Å². The van der Waals surface area contributed by atoms with Gasteiger partial charge in [0.15, 0.2) is 6.66 Å². The van der Waals surface area contributed by atoms with E-state index < -0.39 is 8.11 Å². The van der Waals surface area contributed by atoms with Crippen molar-refractivity contribution in [2.45, 2.75) is 0 Å². The van der Waals surface area contributed by atoms with E-state index >= 15 is 0 Å². The summed E-state index contributed by atoms with van der Waals surface area (Å²) in [5, 5.41) is 0. The molecule has 0 rings (SSSR count). The van der Waals surface area contributed by atoms with Crippen molar-refractivity contribution in [3.63, 3.8) is 0 Å². The molecule has 0 aliphatic heterocycles. The van der Waals surface area contributed by atoms with Gasteiger partial charge < -0.3 is 0 Å². The minimum atomic E-state index is -2.37. The molecule has 1 atom stereocenters. The van der Waals surface area contributed by atoms with Crippen LogP contribution in [0.4, 0.5) is 4.20 Å². The van der Waals surface area contributed by atoms with Gasteiger partial charge in [0.1, 0.15) is 0 Å². The van der Waals surface area contributed by atoms with Crippen molar-refractivity contribution in [2.24, 2.45) is 0 Å². The summed E-state index contributed by atoms with van der Waals surface area (Å²) in [5.41, 5.74) is 0. The van der Waals surface area contributed by atoms with E-state index in [1.807, 2.05) is 0 Å². The Labute approximate surface area is 24.7 Å². The normalized spacial score (nSPS) is 11.0. The van der Waals surface area contributed by atoms with Gasteiger partial charge in [0.05, 0.1) is 4.20 Å². The summed E-state index contributed by atoms with van der Waals surface area (Å²) in [6.45, 7) is 1.01. The molecule has 0 spiro atoms. The van der Waals surface area contributed by atoms with Crippen LogP contribution in [0.25, 0.3) is 0 Å². The number of hydrogen-bond donors (Lipinski definition) is 0. The van der Waals surface area contributed by atoms with Gasteiger partial charge in [0, 0.05) is 0 Å². The van der Waals surface area contributed by atoms with E-state index in [0.29, 0.717) is 0 Å². The molecular weight excluding hydrogens is 78.0 g/mol. The van der Waals surface area contributed by atoms with Crippen molar-refractivity contribution < 1.29 is 8.76 Å². The molecule has 0 amide bonds. The predicted octanol–water partition coefficient (Wildman–Crippen LogP) is 1.33. The molecule has 0 saturated carbocycles. The standard InChI is InChI=1S/CH3FOP/c1-4(2)3/h1H3/q+1. The molecule has 0 aromatic rings. The maximum atomic E-state index is 10.5. The van der Waals surface area contributed by atoms with Crippen LogP contribution in [0.1, 0.15) is 0 Å². The average Bonchev–Trinajstić information content (AvgIpc) is 0.811. The molecule has 1 unspecified atom stereocenters. The van der Waals surface area contributed by atoms with E-state index in [9.17, 15) is 4.20 Å². The van der Waals surface area contributed by atoms with Crippen LogP contribution in [0.3, 0.4) is 0 Å². The van der Waals surface area contributed by atoms with E-state index in [-0.39, 0.29) is 0 Å². The molecule has 0 N–H and O–H groups in total. The highest BCUT2D eigenvalue weighted by molar-refractivity contribution is 7.37. The van der Waals surface area contributed by atoms with Gasteiger partial charge >= 0.3 is 8.11 Å². The fourth-order valence-corrected chi connectivity index (χ4v) is 0. The van der Waals surface area contributed by atoms with Crippen LogP contribution in [-0.4, -0.2) is 6.66 Å². The first-order valence-electron chi connectivity index (χ1n) is 0.799. The van der Waals surface area contributed by atoms with Gasteiger partial charge in [-0.1, -0.05) is 0 Å². The minimum Gasteiger partial charge on any atom is -0.0288 e.